The zero-order valence-electron chi connectivity index (χ0n) is 24.0. The number of rotatable bonds is 9. The van der Waals surface area contributed by atoms with Crippen LogP contribution in [0.3, 0.4) is 0 Å². The van der Waals surface area contributed by atoms with Crippen LogP contribution >= 0.6 is 0 Å². The fourth-order valence-electron chi connectivity index (χ4n) is 4.99. The van der Waals surface area contributed by atoms with Crippen LogP contribution < -0.4 is 15.5 Å². The molecule has 3 heterocycles. The molecule has 5 rings (SSSR count). The van der Waals surface area contributed by atoms with Gasteiger partial charge in [0.2, 0.25) is 0 Å². The summed E-state index contributed by atoms with van der Waals surface area (Å²) in [6, 6.07) is 12.4. The minimum absolute atomic E-state index is 0.151. The van der Waals surface area contributed by atoms with Crippen LogP contribution in [0, 0.1) is 12.7 Å². The molecule has 4 aromatic rings. The molecule has 2 aromatic carbocycles. The van der Waals surface area contributed by atoms with E-state index in [9.17, 15) is 22.4 Å². The first-order valence-corrected chi connectivity index (χ1v) is 13.8. The Balaban J connectivity index is 1.21. The molecular weight excluding hydrogens is 564 g/mol. The van der Waals surface area contributed by atoms with Crippen molar-refractivity contribution < 1.29 is 22.4 Å². The predicted molar refractivity (Wildman–Crippen MR) is 156 cm³/mol. The largest absolute Gasteiger partial charge is 0.416 e. The van der Waals surface area contributed by atoms with Crippen molar-refractivity contribution in [3.05, 3.63) is 88.6 Å². The highest BCUT2D eigenvalue weighted by Crippen LogP contribution is 2.30. The molecule has 43 heavy (non-hydrogen) atoms. The molecule has 3 N–H and O–H groups in total. The van der Waals surface area contributed by atoms with E-state index >= 15 is 0 Å². The highest BCUT2D eigenvalue weighted by molar-refractivity contribution is 6.04. The Labute approximate surface area is 246 Å². The summed E-state index contributed by atoms with van der Waals surface area (Å²) in [5.74, 6) is 1.47. The average molecular weight is 597 g/mol. The van der Waals surface area contributed by atoms with E-state index < -0.39 is 23.5 Å². The van der Waals surface area contributed by atoms with Crippen LogP contribution in [0.4, 0.5) is 40.7 Å². The molecule has 1 amide bonds. The number of aryl methyl sites for hydroxylation is 3. The summed E-state index contributed by atoms with van der Waals surface area (Å²) in [6.07, 6.45) is -2.79. The van der Waals surface area contributed by atoms with Gasteiger partial charge in [-0.1, -0.05) is 6.07 Å². The van der Waals surface area contributed by atoms with Gasteiger partial charge >= 0.3 is 6.18 Å². The maximum absolute atomic E-state index is 14.6. The highest BCUT2D eigenvalue weighted by Gasteiger charge is 2.31. The van der Waals surface area contributed by atoms with Crippen LogP contribution in [0.5, 0.6) is 0 Å². The molecule has 0 aliphatic carbocycles. The van der Waals surface area contributed by atoms with Gasteiger partial charge in [0.05, 0.1) is 5.56 Å². The molecule has 1 saturated heterocycles. The number of hydrogen-bond donors (Lipinski definition) is 3. The lowest BCUT2D eigenvalue weighted by Crippen LogP contribution is -2.31. The van der Waals surface area contributed by atoms with E-state index in [4.69, 9.17) is 0 Å². The molecule has 2 aromatic heterocycles. The second-order valence-electron chi connectivity index (χ2n) is 10.8. The fourth-order valence-corrected chi connectivity index (χ4v) is 4.99. The Hall–Kier alpha value is -4.52. The first-order chi connectivity index (χ1) is 20.4. The number of likely N-dealkylation sites (N-methyl/N-ethyl adjacent to an activating group) is 1. The number of carbonyl (C=O) groups is 1. The molecule has 1 aliphatic heterocycles. The lowest BCUT2D eigenvalue weighted by atomic mass is 10.1. The normalized spacial score (nSPS) is 15.3. The zero-order chi connectivity index (χ0) is 30.7. The summed E-state index contributed by atoms with van der Waals surface area (Å²) in [7, 11) is 4.16. The second-order valence-corrected chi connectivity index (χ2v) is 10.8. The van der Waals surface area contributed by atoms with Crippen molar-refractivity contribution in [1.29, 1.82) is 0 Å². The van der Waals surface area contributed by atoms with Crippen molar-refractivity contribution in [2.45, 2.75) is 38.4 Å². The van der Waals surface area contributed by atoms with Crippen LogP contribution in [0.1, 0.15) is 39.4 Å². The Morgan fingerprint density at radius 2 is 1.88 bits per heavy atom. The van der Waals surface area contributed by atoms with Gasteiger partial charge in [0, 0.05) is 48.2 Å². The van der Waals surface area contributed by atoms with Crippen LogP contribution in [-0.2, 0) is 19.0 Å². The van der Waals surface area contributed by atoms with E-state index in [0.29, 0.717) is 41.9 Å². The molecule has 1 atom stereocenters. The van der Waals surface area contributed by atoms with Crippen molar-refractivity contribution >= 4 is 29.0 Å². The van der Waals surface area contributed by atoms with E-state index in [1.54, 1.807) is 0 Å². The van der Waals surface area contributed by atoms with Crippen molar-refractivity contribution in [2.75, 3.05) is 42.7 Å². The molecule has 0 radical (unpaired) electrons. The standard InChI is InChI=1S/C30H32F4N8O/c1-18-35-26(16-28(36-18)42-12-11-24(17-42)41(2)3)38-27-15-23(39-40-27)8-7-19-14-22(9-10-25(19)31)37-29(43)20-5-4-6-21(13-20)30(32,33)34/h4-6,9-10,13-16,24H,7-8,11-12,17H2,1-3H3,(H,37,43)(H2,35,36,38,39,40). The summed E-state index contributed by atoms with van der Waals surface area (Å²) < 4.78 is 53.7. The Bertz CT molecular complexity index is 1600. The van der Waals surface area contributed by atoms with Crippen molar-refractivity contribution in [3.63, 3.8) is 0 Å². The van der Waals surface area contributed by atoms with Gasteiger partial charge < -0.3 is 20.4 Å². The molecule has 0 saturated carbocycles. The third kappa shape index (κ3) is 7.47. The number of H-pyrrole nitrogens is 1. The fraction of sp³-hybridized carbons (Fsp3) is 0.333. The van der Waals surface area contributed by atoms with Crippen molar-refractivity contribution in [3.8, 4) is 0 Å². The number of nitrogens with zero attached hydrogens (tertiary/aromatic N) is 5. The van der Waals surface area contributed by atoms with E-state index in [1.807, 2.05) is 19.1 Å². The van der Waals surface area contributed by atoms with Gasteiger partial charge in [-0.3, -0.25) is 9.89 Å². The first-order valence-electron chi connectivity index (χ1n) is 13.8. The van der Waals surface area contributed by atoms with Gasteiger partial charge in [0.1, 0.15) is 23.3 Å². The number of hydrogen-bond acceptors (Lipinski definition) is 7. The average Bonchev–Trinajstić information content (AvgIpc) is 3.63. The minimum Gasteiger partial charge on any atom is -0.355 e. The third-order valence-corrected chi connectivity index (χ3v) is 7.35. The van der Waals surface area contributed by atoms with Gasteiger partial charge in [0.25, 0.3) is 5.91 Å². The Morgan fingerprint density at radius 1 is 1.07 bits per heavy atom. The Morgan fingerprint density at radius 3 is 2.63 bits per heavy atom. The number of amides is 1. The summed E-state index contributed by atoms with van der Waals surface area (Å²) in [5.41, 5.74) is 0.287. The molecule has 1 aliphatic rings. The van der Waals surface area contributed by atoms with Crippen LogP contribution in [0.15, 0.2) is 54.6 Å². The van der Waals surface area contributed by atoms with Gasteiger partial charge in [-0.25, -0.2) is 14.4 Å². The smallest absolute Gasteiger partial charge is 0.355 e. The lowest BCUT2D eigenvalue weighted by molar-refractivity contribution is -0.137. The number of halogens is 4. The number of anilines is 4. The predicted octanol–water partition coefficient (Wildman–Crippen LogP) is 5.59. The molecule has 226 valence electrons. The monoisotopic (exact) mass is 596 g/mol. The number of nitrogens with one attached hydrogen (secondary N) is 3. The highest BCUT2D eigenvalue weighted by atomic mass is 19.4. The van der Waals surface area contributed by atoms with Crippen molar-refractivity contribution in [1.82, 2.24) is 25.1 Å². The van der Waals surface area contributed by atoms with E-state index in [0.717, 1.165) is 43.2 Å². The molecule has 9 nitrogen and oxygen atoms in total. The number of aromatic amines is 1. The topological polar surface area (TPSA) is 102 Å². The van der Waals surface area contributed by atoms with E-state index in [2.05, 4.69) is 54.7 Å². The molecule has 13 heteroatoms. The summed E-state index contributed by atoms with van der Waals surface area (Å²) in [4.78, 5) is 26.1. The van der Waals surface area contributed by atoms with Crippen LogP contribution in [-0.4, -0.2) is 64.2 Å². The number of benzene rings is 2. The summed E-state index contributed by atoms with van der Waals surface area (Å²) >= 11 is 0. The SMILES string of the molecule is Cc1nc(Nc2cc(CCc3cc(NC(=O)c4cccc(C(F)(F)F)c4)ccc3F)[nH]n2)cc(N2CCC(N(C)C)C2)n1. The second kappa shape index (κ2) is 12.4. The maximum atomic E-state index is 14.6. The summed E-state index contributed by atoms with van der Waals surface area (Å²) in [5, 5.41) is 13.0. The quantitative estimate of drug-likeness (QED) is 0.217. The van der Waals surface area contributed by atoms with Gasteiger partial charge in [-0.15, -0.1) is 0 Å². The van der Waals surface area contributed by atoms with E-state index in [-0.39, 0.29) is 11.3 Å². The third-order valence-electron chi connectivity index (χ3n) is 7.35. The molecule has 1 unspecified atom stereocenters. The number of carbonyl (C=O) groups excluding carboxylic acids is 1. The van der Waals surface area contributed by atoms with Gasteiger partial charge in [-0.2, -0.15) is 18.3 Å². The zero-order valence-corrected chi connectivity index (χ0v) is 24.0. The number of alkyl halides is 3. The van der Waals surface area contributed by atoms with Crippen LogP contribution in [0.25, 0.3) is 0 Å². The van der Waals surface area contributed by atoms with E-state index in [1.165, 1.54) is 30.3 Å². The first kappa shape index (κ1) is 30.0. The molecular formula is C30H32F4N8O. The maximum Gasteiger partial charge on any atom is 0.416 e. The molecule has 1 fully saturated rings. The summed E-state index contributed by atoms with van der Waals surface area (Å²) in [6.45, 7) is 3.65. The minimum atomic E-state index is -4.57. The van der Waals surface area contributed by atoms with Gasteiger partial charge in [0.15, 0.2) is 5.82 Å². The molecule has 0 bridgehead atoms. The van der Waals surface area contributed by atoms with Gasteiger partial charge in [-0.05, 0) is 82.2 Å². The molecule has 0 spiro atoms. The lowest BCUT2D eigenvalue weighted by Gasteiger charge is -2.21. The van der Waals surface area contributed by atoms with Crippen molar-refractivity contribution in [2.24, 2.45) is 0 Å². The number of aromatic nitrogens is 4. The Kier molecular flexibility index (Phi) is 8.62. The van der Waals surface area contributed by atoms with Crippen LogP contribution in [0.2, 0.25) is 0 Å².